The van der Waals surface area contributed by atoms with Crippen LogP contribution >= 0.6 is 23.2 Å². The molecule has 1 aromatic carbocycles. The average molecular weight is 255 g/mol. The van der Waals surface area contributed by atoms with Gasteiger partial charge in [0.2, 0.25) is 0 Å². The van der Waals surface area contributed by atoms with E-state index in [1.54, 1.807) is 6.07 Å². The van der Waals surface area contributed by atoms with Crippen LogP contribution in [0.1, 0.15) is 29.3 Å². The normalized spacial score (nSPS) is 19.4. The highest BCUT2D eigenvalue weighted by molar-refractivity contribution is 6.42. The van der Waals surface area contributed by atoms with Gasteiger partial charge in [0.15, 0.2) is 5.78 Å². The summed E-state index contributed by atoms with van der Waals surface area (Å²) in [7, 11) is 0. The van der Waals surface area contributed by atoms with Crippen molar-refractivity contribution in [3.8, 4) is 0 Å². The highest BCUT2D eigenvalue weighted by Gasteiger charge is 2.30. The van der Waals surface area contributed by atoms with Gasteiger partial charge in [-0.15, -0.1) is 0 Å². The van der Waals surface area contributed by atoms with Crippen LogP contribution in [0.4, 0.5) is 0 Å². The molecule has 0 saturated carbocycles. The number of ketones is 1. The van der Waals surface area contributed by atoms with Crippen LogP contribution in [-0.2, 0) is 6.42 Å². The van der Waals surface area contributed by atoms with E-state index in [9.17, 15) is 4.79 Å². The number of fused-ring (bicyclic) bond motifs is 1. The summed E-state index contributed by atoms with van der Waals surface area (Å²) in [5.74, 6) is 0.243. The first kappa shape index (κ1) is 11.7. The summed E-state index contributed by atoms with van der Waals surface area (Å²) in [5.41, 5.74) is 1.76. The Morgan fingerprint density at radius 3 is 2.75 bits per heavy atom. The van der Waals surface area contributed by atoms with Gasteiger partial charge in [-0.1, -0.05) is 35.4 Å². The highest BCUT2D eigenvalue weighted by atomic mass is 35.5. The number of benzene rings is 1. The largest absolute Gasteiger partial charge is 0.294 e. The molecule has 0 unspecified atom stereocenters. The van der Waals surface area contributed by atoms with E-state index >= 15 is 0 Å². The number of hydrogen-bond acceptors (Lipinski definition) is 1. The lowest BCUT2D eigenvalue weighted by Crippen LogP contribution is -2.07. The second-order valence-electron chi connectivity index (χ2n) is 3.99. The third-order valence-corrected chi connectivity index (χ3v) is 3.63. The molecule has 0 amide bonds. The molecule has 0 saturated heterocycles. The summed E-state index contributed by atoms with van der Waals surface area (Å²) in [5, 5.41) is 0.986. The number of carbonyl (C=O) groups is 1. The molecule has 1 aliphatic rings. The Bertz CT molecular complexity index is 463. The first-order chi connectivity index (χ1) is 7.63. The minimum absolute atomic E-state index is 0.0562. The maximum Gasteiger partial charge on any atom is 0.166 e. The van der Waals surface area contributed by atoms with Crippen LogP contribution < -0.4 is 0 Å². The lowest BCUT2D eigenvalue weighted by atomic mass is 10.0. The van der Waals surface area contributed by atoms with Crippen molar-refractivity contribution in [3.05, 3.63) is 45.5 Å². The summed E-state index contributed by atoms with van der Waals surface area (Å²) in [6, 6.07) is 3.50. The zero-order valence-electron chi connectivity index (χ0n) is 8.97. The van der Waals surface area contributed by atoms with Crippen LogP contribution in [0, 0.1) is 5.92 Å². The van der Waals surface area contributed by atoms with Crippen molar-refractivity contribution < 1.29 is 4.79 Å². The molecule has 3 heteroatoms. The molecule has 0 heterocycles. The number of carbonyl (C=O) groups excluding carboxylic acids is 1. The summed E-state index contributed by atoms with van der Waals surface area (Å²) in [6.45, 7) is 1.96. The van der Waals surface area contributed by atoms with Crippen molar-refractivity contribution in [1.29, 1.82) is 0 Å². The van der Waals surface area contributed by atoms with Gasteiger partial charge in [0.1, 0.15) is 0 Å². The predicted octanol–water partition coefficient (Wildman–Crippen LogP) is 4.31. The van der Waals surface area contributed by atoms with Crippen molar-refractivity contribution in [3.63, 3.8) is 0 Å². The molecular formula is C13H12Cl2O. The van der Waals surface area contributed by atoms with E-state index < -0.39 is 0 Å². The maximum atomic E-state index is 12.0. The van der Waals surface area contributed by atoms with Gasteiger partial charge in [-0.05, 0) is 37.5 Å². The molecule has 1 aromatic rings. The van der Waals surface area contributed by atoms with Gasteiger partial charge in [-0.3, -0.25) is 4.79 Å². The first-order valence-electron chi connectivity index (χ1n) is 5.26. The highest BCUT2D eigenvalue weighted by Crippen LogP contribution is 2.34. The fourth-order valence-corrected chi connectivity index (χ4v) is 2.40. The molecule has 0 aromatic heterocycles. The van der Waals surface area contributed by atoms with E-state index in [4.69, 9.17) is 23.2 Å². The molecule has 16 heavy (non-hydrogen) atoms. The SMILES string of the molecule is CC=CC[C@H]1Cc2cc(Cl)c(Cl)cc2C1=O. The van der Waals surface area contributed by atoms with Crippen LogP contribution in [0.2, 0.25) is 10.0 Å². The number of hydrogen-bond donors (Lipinski definition) is 0. The Hall–Kier alpha value is -0.790. The lowest BCUT2D eigenvalue weighted by Gasteiger charge is -2.01. The maximum absolute atomic E-state index is 12.0. The monoisotopic (exact) mass is 254 g/mol. The molecule has 1 atom stereocenters. The fourth-order valence-electron chi connectivity index (χ4n) is 2.06. The minimum Gasteiger partial charge on any atom is -0.294 e. The zero-order valence-corrected chi connectivity index (χ0v) is 10.5. The molecule has 0 spiro atoms. The van der Waals surface area contributed by atoms with Gasteiger partial charge in [0.25, 0.3) is 0 Å². The van der Waals surface area contributed by atoms with Gasteiger partial charge in [0, 0.05) is 11.5 Å². The molecule has 0 N–H and O–H groups in total. The van der Waals surface area contributed by atoms with Crippen LogP contribution in [0.15, 0.2) is 24.3 Å². The van der Waals surface area contributed by atoms with Crippen LogP contribution in [0.25, 0.3) is 0 Å². The Balaban J connectivity index is 2.31. The Kier molecular flexibility index (Phi) is 3.36. The summed E-state index contributed by atoms with van der Waals surface area (Å²) >= 11 is 11.8. The third-order valence-electron chi connectivity index (χ3n) is 2.90. The second-order valence-corrected chi connectivity index (χ2v) is 4.81. The van der Waals surface area contributed by atoms with Gasteiger partial charge >= 0.3 is 0 Å². The van der Waals surface area contributed by atoms with E-state index in [2.05, 4.69) is 0 Å². The third kappa shape index (κ3) is 2.02. The van der Waals surface area contributed by atoms with Gasteiger partial charge in [0.05, 0.1) is 10.0 Å². The second kappa shape index (κ2) is 4.60. The molecular weight excluding hydrogens is 243 g/mol. The zero-order chi connectivity index (χ0) is 11.7. The molecule has 0 fully saturated rings. The first-order valence-corrected chi connectivity index (χ1v) is 6.02. The fraction of sp³-hybridized carbons (Fsp3) is 0.308. The lowest BCUT2D eigenvalue weighted by molar-refractivity contribution is 0.0938. The van der Waals surface area contributed by atoms with E-state index in [1.807, 2.05) is 25.1 Å². The van der Waals surface area contributed by atoms with E-state index in [0.29, 0.717) is 10.0 Å². The van der Waals surface area contributed by atoms with Crippen molar-refractivity contribution >= 4 is 29.0 Å². The molecule has 1 aliphatic carbocycles. The Morgan fingerprint density at radius 1 is 1.38 bits per heavy atom. The summed E-state index contributed by atoms with van der Waals surface area (Å²) in [6.07, 6.45) is 5.56. The van der Waals surface area contributed by atoms with Crippen LogP contribution in [-0.4, -0.2) is 5.78 Å². The van der Waals surface area contributed by atoms with E-state index in [0.717, 1.165) is 24.0 Å². The topological polar surface area (TPSA) is 17.1 Å². The van der Waals surface area contributed by atoms with E-state index in [1.165, 1.54) is 0 Å². The van der Waals surface area contributed by atoms with E-state index in [-0.39, 0.29) is 11.7 Å². The van der Waals surface area contributed by atoms with Crippen LogP contribution in [0.5, 0.6) is 0 Å². The summed E-state index contributed by atoms with van der Waals surface area (Å²) in [4.78, 5) is 12.0. The van der Waals surface area contributed by atoms with Crippen molar-refractivity contribution in [2.75, 3.05) is 0 Å². The van der Waals surface area contributed by atoms with Crippen molar-refractivity contribution in [2.24, 2.45) is 5.92 Å². The van der Waals surface area contributed by atoms with Gasteiger partial charge in [-0.2, -0.15) is 0 Å². The number of rotatable bonds is 2. The molecule has 0 aliphatic heterocycles. The van der Waals surface area contributed by atoms with Crippen molar-refractivity contribution in [1.82, 2.24) is 0 Å². The number of allylic oxidation sites excluding steroid dienone is 2. The number of halogens is 2. The Labute approximate surface area is 105 Å². The molecule has 2 rings (SSSR count). The van der Waals surface area contributed by atoms with Gasteiger partial charge < -0.3 is 0 Å². The summed E-state index contributed by atoms with van der Waals surface area (Å²) < 4.78 is 0. The predicted molar refractivity (Wildman–Crippen MR) is 67.4 cm³/mol. The average Bonchev–Trinajstić information content (AvgIpc) is 2.54. The van der Waals surface area contributed by atoms with Crippen LogP contribution in [0.3, 0.4) is 0 Å². The van der Waals surface area contributed by atoms with Gasteiger partial charge in [-0.25, -0.2) is 0 Å². The quantitative estimate of drug-likeness (QED) is 0.719. The molecule has 0 radical (unpaired) electrons. The minimum atomic E-state index is 0.0562. The Morgan fingerprint density at radius 2 is 2.06 bits per heavy atom. The molecule has 1 nitrogen and oxygen atoms in total. The number of Topliss-reactive ketones (excluding diaryl/α,β-unsaturated/α-hetero) is 1. The molecule has 84 valence electrons. The standard InChI is InChI=1S/C13H12Cl2O/c1-2-3-4-8-5-9-6-11(14)12(15)7-10(9)13(8)16/h2-3,6-8H,4-5H2,1H3/t8-/m0/s1. The molecule has 0 bridgehead atoms. The van der Waals surface area contributed by atoms with Crippen molar-refractivity contribution in [2.45, 2.75) is 19.8 Å². The smallest absolute Gasteiger partial charge is 0.166 e.